The second-order valence-electron chi connectivity index (χ2n) is 6.98. The first kappa shape index (κ1) is 24.6. The number of hydrogen-bond donors (Lipinski definition) is 0. The first-order valence-corrected chi connectivity index (χ1v) is 7.23. The molecule has 0 saturated carbocycles. The molecule has 0 aromatic carbocycles. The van der Waals surface area contributed by atoms with Crippen LogP contribution in [0.3, 0.4) is 0 Å². The maximum atomic E-state index is 5.88. The van der Waals surface area contributed by atoms with Gasteiger partial charge in [-0.15, -0.1) is 0 Å². The molecule has 0 unspecified atom stereocenters. The van der Waals surface area contributed by atoms with Gasteiger partial charge in [0, 0.05) is 16.8 Å². The maximum Gasteiger partial charge on any atom is 1.00 e. The molecule has 6 heteroatoms. The Labute approximate surface area is 145 Å². The van der Waals surface area contributed by atoms with Crippen molar-refractivity contribution in [3.63, 3.8) is 0 Å². The first-order valence-electron chi connectivity index (χ1n) is 5.82. The van der Waals surface area contributed by atoms with Gasteiger partial charge >= 0.3 is 52.9 Å². The second kappa shape index (κ2) is 8.80. The largest absolute Gasteiger partial charge is 1.00 e. The van der Waals surface area contributed by atoms with Crippen molar-refractivity contribution < 1.29 is 51.9 Å². The van der Waals surface area contributed by atoms with Gasteiger partial charge in [-0.05, 0) is 62.3 Å². The molecule has 0 aliphatic rings. The molecule has 0 aromatic rings. The Balaban J connectivity index is -0.000000187. The molecule has 0 aliphatic heterocycles. The van der Waals surface area contributed by atoms with E-state index in [4.69, 9.17) is 11.4 Å². The SMILES string of the molecule is CC(C)(C)[O][Al]([O]C(C)(C)C)[O]C(C)(C)C.[H-].[H-].[Li+].[Li+]. The minimum Gasteiger partial charge on any atom is -1.00 e. The minimum absolute atomic E-state index is 0. The fourth-order valence-electron chi connectivity index (χ4n) is 0.938. The molecule has 18 heavy (non-hydrogen) atoms. The molecule has 0 rings (SSSR count). The zero-order valence-corrected chi connectivity index (χ0v) is 15.5. The third kappa shape index (κ3) is 17.6. The predicted molar refractivity (Wildman–Crippen MR) is 70.5 cm³/mol. The number of rotatable bonds is 3. The van der Waals surface area contributed by atoms with Crippen molar-refractivity contribution in [2.75, 3.05) is 0 Å². The molecule has 0 atom stereocenters. The standard InChI is InChI=1S/3C4H9O.Al.2Li.2H/c3*1-4(2,3)5;;;;;/h3*1-3H3;;;;;/q3*-1;+3;2*+1;2*-1. The molecular formula is C12H29AlLi2O3. The van der Waals surface area contributed by atoms with Crippen molar-refractivity contribution in [1.29, 1.82) is 0 Å². The van der Waals surface area contributed by atoms with Crippen LogP contribution in [0.2, 0.25) is 0 Å². The predicted octanol–water partition coefficient (Wildman–Crippen LogP) is -2.35. The van der Waals surface area contributed by atoms with Crippen LogP contribution in [-0.2, 0) is 11.4 Å². The van der Waals surface area contributed by atoms with Crippen LogP contribution >= 0.6 is 0 Å². The van der Waals surface area contributed by atoms with Gasteiger partial charge in [-0.1, -0.05) is 0 Å². The van der Waals surface area contributed by atoms with Crippen molar-refractivity contribution in [2.24, 2.45) is 0 Å². The summed E-state index contributed by atoms with van der Waals surface area (Å²) in [6.07, 6.45) is 0. The molecule has 100 valence electrons. The van der Waals surface area contributed by atoms with Gasteiger partial charge in [0.05, 0.1) is 0 Å². The van der Waals surface area contributed by atoms with E-state index in [1.807, 2.05) is 62.3 Å². The minimum atomic E-state index is -2.11. The average Bonchev–Trinajstić information content (AvgIpc) is 1.70. The summed E-state index contributed by atoms with van der Waals surface area (Å²) in [5, 5.41) is 0. The van der Waals surface area contributed by atoms with Crippen LogP contribution in [0, 0.1) is 0 Å². The Morgan fingerprint density at radius 3 is 0.833 bits per heavy atom. The topological polar surface area (TPSA) is 27.7 Å². The number of hydrogen-bond acceptors (Lipinski definition) is 3. The molecule has 0 N–H and O–H groups in total. The van der Waals surface area contributed by atoms with E-state index in [9.17, 15) is 0 Å². The van der Waals surface area contributed by atoms with Crippen molar-refractivity contribution in [3.8, 4) is 0 Å². The first-order chi connectivity index (χ1) is 6.79. The van der Waals surface area contributed by atoms with E-state index < -0.39 is 15.1 Å². The molecule has 0 aliphatic carbocycles. The van der Waals surface area contributed by atoms with E-state index in [-0.39, 0.29) is 57.4 Å². The summed E-state index contributed by atoms with van der Waals surface area (Å²) in [4.78, 5) is 0. The van der Waals surface area contributed by atoms with Crippen molar-refractivity contribution in [2.45, 2.75) is 79.1 Å². The van der Waals surface area contributed by atoms with E-state index in [2.05, 4.69) is 0 Å². The van der Waals surface area contributed by atoms with Gasteiger partial charge in [-0.3, -0.25) is 0 Å². The van der Waals surface area contributed by atoms with Crippen molar-refractivity contribution >= 4 is 15.1 Å². The van der Waals surface area contributed by atoms with E-state index >= 15 is 0 Å². The fourth-order valence-corrected chi connectivity index (χ4v) is 2.81. The van der Waals surface area contributed by atoms with Crippen LogP contribution in [0.15, 0.2) is 0 Å². The summed E-state index contributed by atoms with van der Waals surface area (Å²) in [5.41, 5.74) is -0.686. The second-order valence-corrected chi connectivity index (χ2v) is 8.26. The molecule has 0 heterocycles. The third-order valence-electron chi connectivity index (χ3n) is 1.35. The Morgan fingerprint density at radius 2 is 0.722 bits per heavy atom. The summed E-state index contributed by atoms with van der Waals surface area (Å²) >= 11 is -2.11. The summed E-state index contributed by atoms with van der Waals surface area (Å²) in [6, 6.07) is 0. The summed E-state index contributed by atoms with van der Waals surface area (Å²) in [5.74, 6) is 0. The molecule has 0 radical (unpaired) electrons. The summed E-state index contributed by atoms with van der Waals surface area (Å²) < 4.78 is 17.7. The molecule has 3 nitrogen and oxygen atoms in total. The van der Waals surface area contributed by atoms with Crippen molar-refractivity contribution in [1.82, 2.24) is 0 Å². The van der Waals surface area contributed by atoms with Gasteiger partial charge in [-0.2, -0.15) is 0 Å². The molecule has 0 aromatic heterocycles. The molecule has 0 bridgehead atoms. The smallest absolute Gasteiger partial charge is 1.00 e. The van der Waals surface area contributed by atoms with Crippen LogP contribution in [0.1, 0.15) is 65.2 Å². The molecule has 0 saturated heterocycles. The Morgan fingerprint density at radius 1 is 0.556 bits per heavy atom. The van der Waals surface area contributed by atoms with Gasteiger partial charge in [0.1, 0.15) is 0 Å². The summed E-state index contributed by atoms with van der Waals surface area (Å²) in [6.45, 7) is 18.2. The van der Waals surface area contributed by atoms with Gasteiger partial charge in [0.2, 0.25) is 0 Å². The van der Waals surface area contributed by atoms with Crippen LogP contribution in [0.25, 0.3) is 0 Å². The normalized spacial score (nSPS) is 12.5. The van der Waals surface area contributed by atoms with E-state index in [0.29, 0.717) is 0 Å². The van der Waals surface area contributed by atoms with E-state index in [1.54, 1.807) is 0 Å². The Bertz CT molecular complexity index is 188. The molecule has 0 spiro atoms. The third-order valence-corrected chi connectivity index (χ3v) is 4.05. The fraction of sp³-hybridized carbons (Fsp3) is 1.00. The van der Waals surface area contributed by atoms with Crippen molar-refractivity contribution in [3.05, 3.63) is 0 Å². The van der Waals surface area contributed by atoms with Gasteiger partial charge in [-0.25, -0.2) is 0 Å². The van der Waals surface area contributed by atoms with Crippen LogP contribution in [0.5, 0.6) is 0 Å². The monoisotopic (exact) mass is 262 g/mol. The van der Waals surface area contributed by atoms with Crippen LogP contribution in [0.4, 0.5) is 0 Å². The Kier molecular flexibility index (Phi) is 12.0. The van der Waals surface area contributed by atoms with Crippen LogP contribution in [-0.4, -0.2) is 32.0 Å². The molecular weight excluding hydrogens is 233 g/mol. The average molecular weight is 262 g/mol. The van der Waals surface area contributed by atoms with Crippen LogP contribution < -0.4 is 37.7 Å². The van der Waals surface area contributed by atoms with Gasteiger partial charge in [0.15, 0.2) is 0 Å². The Hall–Kier alpha value is 1.61. The van der Waals surface area contributed by atoms with Gasteiger partial charge < -0.3 is 14.2 Å². The molecule has 0 amide bonds. The van der Waals surface area contributed by atoms with Gasteiger partial charge in [0.25, 0.3) is 0 Å². The zero-order valence-electron chi connectivity index (χ0n) is 16.3. The van der Waals surface area contributed by atoms with E-state index in [0.717, 1.165) is 0 Å². The van der Waals surface area contributed by atoms with E-state index in [1.165, 1.54) is 0 Å². The molecule has 0 fully saturated rings. The summed E-state index contributed by atoms with van der Waals surface area (Å²) in [7, 11) is 0. The zero-order chi connectivity index (χ0) is 13.2. The quantitative estimate of drug-likeness (QED) is 0.533. The maximum absolute atomic E-state index is 5.88.